The van der Waals surface area contributed by atoms with Crippen LogP contribution in [0.4, 0.5) is 0 Å². The number of hydrogen-bond acceptors (Lipinski definition) is 5. The SMILES string of the molecule is CC[C@@H](c1nc2ccccc2c(=O)n1CCCn1ccnc1)N1C(=O)c2ccccc2C1=O. The summed E-state index contributed by atoms with van der Waals surface area (Å²) in [5.41, 5.74) is 1.15. The maximum Gasteiger partial charge on any atom is 0.262 e. The van der Waals surface area contributed by atoms with Gasteiger partial charge in [-0.25, -0.2) is 9.97 Å². The predicted molar refractivity (Wildman–Crippen MR) is 123 cm³/mol. The molecule has 8 heteroatoms. The molecule has 1 aliphatic heterocycles. The van der Waals surface area contributed by atoms with Gasteiger partial charge in [-0.3, -0.25) is 23.9 Å². The van der Waals surface area contributed by atoms with Gasteiger partial charge in [0.25, 0.3) is 17.4 Å². The van der Waals surface area contributed by atoms with E-state index in [9.17, 15) is 14.4 Å². The van der Waals surface area contributed by atoms with Crippen LogP contribution in [0.15, 0.2) is 72.0 Å². The molecule has 1 atom stereocenters. The lowest BCUT2D eigenvalue weighted by molar-refractivity contribution is 0.0566. The summed E-state index contributed by atoms with van der Waals surface area (Å²) in [6.45, 7) is 2.98. The van der Waals surface area contributed by atoms with Crippen molar-refractivity contribution in [1.82, 2.24) is 24.0 Å². The number of rotatable bonds is 7. The Morgan fingerprint density at radius 1 is 0.909 bits per heavy atom. The first-order valence-corrected chi connectivity index (χ1v) is 11.0. The number of para-hydroxylation sites is 1. The molecular weight excluding hydrogens is 418 g/mol. The first-order valence-electron chi connectivity index (χ1n) is 11.0. The number of amides is 2. The van der Waals surface area contributed by atoms with Crippen molar-refractivity contribution in [3.05, 3.63) is 94.6 Å². The van der Waals surface area contributed by atoms with Gasteiger partial charge in [0.2, 0.25) is 0 Å². The molecule has 2 aromatic carbocycles. The Balaban J connectivity index is 1.58. The number of nitrogens with zero attached hydrogens (tertiary/aromatic N) is 5. The standard InChI is InChI=1S/C25H23N5O3/c1-2-21(30-24(32)17-8-3-4-9-18(17)25(30)33)22-27-20-11-6-5-10-19(20)23(31)29(22)14-7-13-28-15-12-26-16-28/h3-6,8-12,15-16,21H,2,7,13-14H2,1H3/t21-/m0/s1. The minimum Gasteiger partial charge on any atom is -0.337 e. The fraction of sp³-hybridized carbons (Fsp3) is 0.240. The molecule has 0 fully saturated rings. The third-order valence-electron chi connectivity index (χ3n) is 6.07. The highest BCUT2D eigenvalue weighted by Gasteiger charge is 2.41. The van der Waals surface area contributed by atoms with Gasteiger partial charge in [-0.1, -0.05) is 31.2 Å². The maximum atomic E-state index is 13.5. The molecule has 0 saturated heterocycles. The highest BCUT2D eigenvalue weighted by Crippen LogP contribution is 2.32. The van der Waals surface area contributed by atoms with E-state index in [-0.39, 0.29) is 17.4 Å². The predicted octanol–water partition coefficient (Wildman–Crippen LogP) is 3.43. The molecule has 0 bridgehead atoms. The zero-order valence-corrected chi connectivity index (χ0v) is 18.2. The summed E-state index contributed by atoms with van der Waals surface area (Å²) in [4.78, 5) is 50.0. The Hall–Kier alpha value is -4.07. The number of benzene rings is 2. The number of imidazole rings is 1. The van der Waals surface area contributed by atoms with Gasteiger partial charge in [0.1, 0.15) is 5.82 Å². The van der Waals surface area contributed by atoms with E-state index in [1.54, 1.807) is 53.5 Å². The van der Waals surface area contributed by atoms with Gasteiger partial charge in [0, 0.05) is 25.5 Å². The van der Waals surface area contributed by atoms with Gasteiger partial charge in [0.05, 0.1) is 34.4 Å². The summed E-state index contributed by atoms with van der Waals surface area (Å²) in [6, 6.07) is 13.3. The van der Waals surface area contributed by atoms with Crippen molar-refractivity contribution in [1.29, 1.82) is 0 Å². The number of fused-ring (bicyclic) bond motifs is 2. The van der Waals surface area contributed by atoms with Crippen molar-refractivity contribution in [2.75, 3.05) is 0 Å². The maximum absolute atomic E-state index is 13.5. The smallest absolute Gasteiger partial charge is 0.262 e. The highest BCUT2D eigenvalue weighted by atomic mass is 16.2. The van der Waals surface area contributed by atoms with E-state index < -0.39 is 6.04 Å². The summed E-state index contributed by atoms with van der Waals surface area (Å²) < 4.78 is 3.57. The molecule has 0 aliphatic carbocycles. The van der Waals surface area contributed by atoms with Crippen LogP contribution in [-0.2, 0) is 13.1 Å². The quantitative estimate of drug-likeness (QED) is 0.410. The lowest BCUT2D eigenvalue weighted by Gasteiger charge is -2.27. The molecule has 4 aromatic rings. The van der Waals surface area contributed by atoms with E-state index in [1.165, 1.54) is 4.90 Å². The molecule has 2 amide bonds. The molecule has 0 saturated carbocycles. The molecular formula is C25H23N5O3. The highest BCUT2D eigenvalue weighted by molar-refractivity contribution is 6.21. The minimum absolute atomic E-state index is 0.170. The average Bonchev–Trinajstić information content (AvgIpc) is 3.44. The van der Waals surface area contributed by atoms with E-state index in [1.807, 2.05) is 29.8 Å². The summed E-state index contributed by atoms with van der Waals surface area (Å²) in [5.74, 6) is -0.272. The van der Waals surface area contributed by atoms with Crippen molar-refractivity contribution >= 4 is 22.7 Å². The molecule has 0 spiro atoms. The molecule has 0 N–H and O–H groups in total. The fourth-order valence-electron chi connectivity index (χ4n) is 4.46. The van der Waals surface area contributed by atoms with Crippen molar-refractivity contribution < 1.29 is 9.59 Å². The average molecular weight is 441 g/mol. The Kier molecular flexibility index (Phi) is 5.34. The second kappa shape index (κ2) is 8.46. The van der Waals surface area contributed by atoms with Crippen molar-refractivity contribution in [2.45, 2.75) is 38.9 Å². The summed E-state index contributed by atoms with van der Waals surface area (Å²) >= 11 is 0. The van der Waals surface area contributed by atoms with Crippen LogP contribution in [0.3, 0.4) is 0 Å². The van der Waals surface area contributed by atoms with Gasteiger partial charge in [0.15, 0.2) is 0 Å². The van der Waals surface area contributed by atoms with Crippen molar-refractivity contribution in [3.8, 4) is 0 Å². The first-order chi connectivity index (χ1) is 16.1. The van der Waals surface area contributed by atoms with E-state index in [0.717, 1.165) is 0 Å². The Labute approximate surface area is 190 Å². The second-order valence-electron chi connectivity index (χ2n) is 8.05. The first kappa shape index (κ1) is 20.8. The van der Waals surface area contributed by atoms with Crippen molar-refractivity contribution in [3.63, 3.8) is 0 Å². The third-order valence-corrected chi connectivity index (χ3v) is 6.07. The summed E-state index contributed by atoms with van der Waals surface area (Å²) in [5, 5.41) is 0.515. The number of carbonyl (C=O) groups excluding carboxylic acids is 2. The molecule has 8 nitrogen and oxygen atoms in total. The van der Waals surface area contributed by atoms with Crippen LogP contribution >= 0.6 is 0 Å². The largest absolute Gasteiger partial charge is 0.337 e. The second-order valence-corrected chi connectivity index (χ2v) is 8.05. The molecule has 33 heavy (non-hydrogen) atoms. The molecule has 0 unspecified atom stereocenters. The summed E-state index contributed by atoms with van der Waals surface area (Å²) in [7, 11) is 0. The van der Waals surface area contributed by atoms with Gasteiger partial charge < -0.3 is 4.57 Å². The van der Waals surface area contributed by atoms with Crippen LogP contribution in [0.1, 0.15) is 52.3 Å². The van der Waals surface area contributed by atoms with E-state index in [0.29, 0.717) is 53.8 Å². The zero-order valence-electron chi connectivity index (χ0n) is 18.2. The molecule has 0 radical (unpaired) electrons. The number of imide groups is 1. The number of aromatic nitrogens is 4. The van der Waals surface area contributed by atoms with Crippen LogP contribution in [-0.4, -0.2) is 35.8 Å². The Bertz CT molecular complexity index is 1370. The molecule has 3 heterocycles. The Morgan fingerprint density at radius 3 is 2.27 bits per heavy atom. The van der Waals surface area contributed by atoms with E-state index >= 15 is 0 Å². The topological polar surface area (TPSA) is 90.1 Å². The van der Waals surface area contributed by atoms with Crippen LogP contribution in [0, 0.1) is 0 Å². The molecule has 1 aliphatic rings. The van der Waals surface area contributed by atoms with Crippen LogP contribution in [0.25, 0.3) is 10.9 Å². The van der Waals surface area contributed by atoms with Gasteiger partial charge >= 0.3 is 0 Å². The van der Waals surface area contributed by atoms with E-state index in [4.69, 9.17) is 4.98 Å². The molecule has 2 aromatic heterocycles. The molecule has 166 valence electrons. The number of aryl methyl sites for hydroxylation is 1. The fourth-order valence-corrected chi connectivity index (χ4v) is 4.46. The van der Waals surface area contributed by atoms with Gasteiger partial charge in [-0.15, -0.1) is 0 Å². The van der Waals surface area contributed by atoms with Crippen LogP contribution < -0.4 is 5.56 Å². The van der Waals surface area contributed by atoms with Crippen molar-refractivity contribution in [2.24, 2.45) is 0 Å². The number of carbonyl (C=O) groups is 2. The lowest BCUT2D eigenvalue weighted by atomic mass is 10.1. The van der Waals surface area contributed by atoms with Gasteiger partial charge in [-0.2, -0.15) is 0 Å². The third kappa shape index (κ3) is 3.53. The number of hydrogen-bond donors (Lipinski definition) is 0. The monoisotopic (exact) mass is 441 g/mol. The molecule has 5 rings (SSSR count). The van der Waals surface area contributed by atoms with Crippen LogP contribution in [0.5, 0.6) is 0 Å². The van der Waals surface area contributed by atoms with Crippen LogP contribution in [0.2, 0.25) is 0 Å². The zero-order chi connectivity index (χ0) is 22.9. The normalized spacial score (nSPS) is 14.2. The lowest BCUT2D eigenvalue weighted by Crippen LogP contribution is -2.38. The van der Waals surface area contributed by atoms with Gasteiger partial charge in [-0.05, 0) is 37.1 Å². The minimum atomic E-state index is -0.650. The van der Waals surface area contributed by atoms with E-state index in [2.05, 4.69) is 4.98 Å². The summed E-state index contributed by atoms with van der Waals surface area (Å²) in [6.07, 6.45) is 6.43. The Morgan fingerprint density at radius 2 is 1.61 bits per heavy atom.